The predicted octanol–water partition coefficient (Wildman–Crippen LogP) is 2.53. The van der Waals surface area contributed by atoms with Crippen LogP contribution < -0.4 is 0 Å². The summed E-state index contributed by atoms with van der Waals surface area (Å²) in [6.45, 7) is 4.68. The van der Waals surface area contributed by atoms with Crippen molar-refractivity contribution in [2.75, 3.05) is 6.61 Å². The van der Waals surface area contributed by atoms with Crippen LogP contribution >= 0.6 is 11.6 Å². The summed E-state index contributed by atoms with van der Waals surface area (Å²) in [7, 11) is 1.77. The van der Waals surface area contributed by atoms with Crippen molar-refractivity contribution in [3.05, 3.63) is 28.2 Å². The van der Waals surface area contributed by atoms with E-state index in [0.29, 0.717) is 23.1 Å². The van der Waals surface area contributed by atoms with Crippen LogP contribution in [0, 0.1) is 0 Å². The minimum absolute atomic E-state index is 0.209. The molecule has 0 aromatic carbocycles. The monoisotopic (exact) mass is 256 g/mol. The summed E-state index contributed by atoms with van der Waals surface area (Å²) in [4.78, 5) is 0. The molecule has 0 radical (unpaired) electrons. The van der Waals surface area contributed by atoms with Gasteiger partial charge in [0.25, 0.3) is 0 Å². The van der Waals surface area contributed by atoms with Gasteiger partial charge in [-0.25, -0.2) is 0 Å². The lowest BCUT2D eigenvalue weighted by Crippen LogP contribution is -2.06. The molecule has 1 unspecified atom stereocenters. The maximum atomic E-state index is 10.3. The highest BCUT2D eigenvalue weighted by Gasteiger charge is 2.28. The average Bonchev–Trinajstić information content (AvgIpc) is 2.88. The van der Waals surface area contributed by atoms with E-state index in [1.807, 2.05) is 19.9 Å². The quantitative estimate of drug-likeness (QED) is 0.904. The van der Waals surface area contributed by atoms with E-state index >= 15 is 0 Å². The Labute approximate surface area is 106 Å². The van der Waals surface area contributed by atoms with Crippen LogP contribution in [0.15, 0.2) is 11.8 Å². The largest absolute Gasteiger partial charge is 0.495 e. The molecule has 2 heterocycles. The Morgan fingerprint density at radius 2 is 2.24 bits per heavy atom. The molecule has 0 bridgehead atoms. The molecule has 5 heteroatoms. The standard InChI is InChI=1S/C12H17ClN2O2/c1-7(2)10-9(12(13)15(3)14-10)11(16)8-5-4-6-17-8/h5,7,11,16H,4,6H2,1-3H3. The first-order chi connectivity index (χ1) is 8.02. The van der Waals surface area contributed by atoms with Crippen molar-refractivity contribution in [2.45, 2.75) is 32.3 Å². The molecule has 1 aromatic rings. The molecule has 4 nitrogen and oxygen atoms in total. The van der Waals surface area contributed by atoms with Crippen LogP contribution in [0.4, 0.5) is 0 Å². The first-order valence-electron chi connectivity index (χ1n) is 5.75. The second-order valence-electron chi connectivity index (χ2n) is 4.51. The van der Waals surface area contributed by atoms with Crippen LogP contribution in [0.1, 0.15) is 43.5 Å². The van der Waals surface area contributed by atoms with E-state index in [2.05, 4.69) is 5.10 Å². The molecular formula is C12H17ClN2O2. The summed E-state index contributed by atoms with van der Waals surface area (Å²) in [6, 6.07) is 0. The van der Waals surface area contributed by atoms with E-state index in [4.69, 9.17) is 16.3 Å². The third kappa shape index (κ3) is 2.19. The van der Waals surface area contributed by atoms with Gasteiger partial charge < -0.3 is 9.84 Å². The smallest absolute Gasteiger partial charge is 0.140 e. The van der Waals surface area contributed by atoms with Crippen LogP contribution in [0.5, 0.6) is 0 Å². The summed E-state index contributed by atoms with van der Waals surface area (Å²) in [5, 5.41) is 15.1. The zero-order chi connectivity index (χ0) is 12.6. The normalized spacial score (nSPS) is 17.2. The summed E-state index contributed by atoms with van der Waals surface area (Å²) in [5.41, 5.74) is 1.48. The first-order valence-corrected chi connectivity index (χ1v) is 6.13. The molecule has 1 atom stereocenters. The van der Waals surface area contributed by atoms with E-state index in [9.17, 15) is 5.11 Å². The molecule has 1 N–H and O–H groups in total. The molecule has 1 aliphatic rings. The molecular weight excluding hydrogens is 240 g/mol. The Hall–Kier alpha value is -1.00. The number of aromatic nitrogens is 2. The Morgan fingerprint density at radius 3 is 2.76 bits per heavy atom. The highest BCUT2D eigenvalue weighted by Crippen LogP contribution is 2.35. The molecule has 0 saturated carbocycles. The Balaban J connectivity index is 2.42. The van der Waals surface area contributed by atoms with Gasteiger partial charge in [-0.05, 0) is 12.0 Å². The maximum absolute atomic E-state index is 10.3. The van der Waals surface area contributed by atoms with Gasteiger partial charge in [0.05, 0.1) is 12.3 Å². The minimum atomic E-state index is -0.809. The Morgan fingerprint density at radius 1 is 1.53 bits per heavy atom. The first kappa shape index (κ1) is 12.5. The van der Waals surface area contributed by atoms with E-state index in [0.717, 1.165) is 12.1 Å². The van der Waals surface area contributed by atoms with Gasteiger partial charge in [-0.15, -0.1) is 0 Å². The number of hydrogen-bond donors (Lipinski definition) is 1. The fourth-order valence-electron chi connectivity index (χ4n) is 1.99. The molecule has 0 spiro atoms. The summed E-state index contributed by atoms with van der Waals surface area (Å²) >= 11 is 6.19. The molecule has 1 aliphatic heterocycles. The zero-order valence-electron chi connectivity index (χ0n) is 10.3. The summed E-state index contributed by atoms with van der Waals surface area (Å²) in [5.74, 6) is 0.794. The molecule has 0 fully saturated rings. The topological polar surface area (TPSA) is 47.3 Å². The molecule has 0 amide bonds. The van der Waals surface area contributed by atoms with Gasteiger partial charge in [0, 0.05) is 19.0 Å². The van der Waals surface area contributed by atoms with E-state index in [1.54, 1.807) is 11.7 Å². The number of aliphatic hydroxyl groups is 1. The van der Waals surface area contributed by atoms with Crippen LogP contribution in [-0.2, 0) is 11.8 Å². The van der Waals surface area contributed by atoms with Crippen molar-refractivity contribution in [3.8, 4) is 0 Å². The molecule has 94 valence electrons. The average molecular weight is 257 g/mol. The fraction of sp³-hybridized carbons (Fsp3) is 0.583. The van der Waals surface area contributed by atoms with Crippen LogP contribution in [0.3, 0.4) is 0 Å². The van der Waals surface area contributed by atoms with Crippen molar-refractivity contribution in [1.29, 1.82) is 0 Å². The van der Waals surface area contributed by atoms with Crippen molar-refractivity contribution in [1.82, 2.24) is 9.78 Å². The van der Waals surface area contributed by atoms with Crippen LogP contribution in [-0.4, -0.2) is 21.5 Å². The van der Waals surface area contributed by atoms with E-state index in [1.165, 1.54) is 0 Å². The minimum Gasteiger partial charge on any atom is -0.495 e. The number of ether oxygens (including phenoxy) is 1. The second-order valence-corrected chi connectivity index (χ2v) is 4.87. The number of nitrogens with zero attached hydrogens (tertiary/aromatic N) is 2. The molecule has 1 aromatic heterocycles. The van der Waals surface area contributed by atoms with Gasteiger partial charge in [-0.2, -0.15) is 5.10 Å². The van der Waals surface area contributed by atoms with Gasteiger partial charge in [-0.1, -0.05) is 25.4 Å². The lowest BCUT2D eigenvalue weighted by molar-refractivity contribution is 0.118. The summed E-state index contributed by atoms with van der Waals surface area (Å²) < 4.78 is 6.97. The highest BCUT2D eigenvalue weighted by molar-refractivity contribution is 6.30. The van der Waals surface area contributed by atoms with Crippen molar-refractivity contribution in [3.63, 3.8) is 0 Å². The van der Waals surface area contributed by atoms with Gasteiger partial charge >= 0.3 is 0 Å². The zero-order valence-corrected chi connectivity index (χ0v) is 11.0. The molecule has 17 heavy (non-hydrogen) atoms. The number of halogens is 1. The highest BCUT2D eigenvalue weighted by atomic mass is 35.5. The third-order valence-electron chi connectivity index (χ3n) is 2.86. The van der Waals surface area contributed by atoms with Crippen LogP contribution in [0.25, 0.3) is 0 Å². The molecule has 0 saturated heterocycles. The van der Waals surface area contributed by atoms with Gasteiger partial charge in [0.1, 0.15) is 17.0 Å². The number of rotatable bonds is 3. The Kier molecular flexibility index (Phi) is 3.45. The number of aryl methyl sites for hydroxylation is 1. The molecule has 2 rings (SSSR count). The van der Waals surface area contributed by atoms with Crippen molar-refractivity contribution < 1.29 is 9.84 Å². The van der Waals surface area contributed by atoms with Crippen molar-refractivity contribution >= 4 is 11.6 Å². The van der Waals surface area contributed by atoms with E-state index < -0.39 is 6.10 Å². The Bertz CT molecular complexity index is 452. The van der Waals surface area contributed by atoms with Crippen molar-refractivity contribution in [2.24, 2.45) is 7.05 Å². The number of hydrogen-bond acceptors (Lipinski definition) is 3. The maximum Gasteiger partial charge on any atom is 0.140 e. The predicted molar refractivity (Wildman–Crippen MR) is 65.9 cm³/mol. The van der Waals surface area contributed by atoms with Gasteiger partial charge in [-0.3, -0.25) is 4.68 Å². The fourth-order valence-corrected chi connectivity index (χ4v) is 2.23. The molecule has 0 aliphatic carbocycles. The van der Waals surface area contributed by atoms with Gasteiger partial charge in [0.2, 0.25) is 0 Å². The van der Waals surface area contributed by atoms with Crippen LogP contribution in [0.2, 0.25) is 5.15 Å². The summed E-state index contributed by atoms with van der Waals surface area (Å²) in [6.07, 6.45) is 1.93. The lowest BCUT2D eigenvalue weighted by Gasteiger charge is -2.14. The third-order valence-corrected chi connectivity index (χ3v) is 3.31. The SMILES string of the molecule is CC(C)c1nn(C)c(Cl)c1C(O)C1=CCCO1. The number of aliphatic hydroxyl groups excluding tert-OH is 1. The van der Waals surface area contributed by atoms with Gasteiger partial charge in [0.15, 0.2) is 0 Å². The van der Waals surface area contributed by atoms with E-state index in [-0.39, 0.29) is 5.92 Å². The second kappa shape index (κ2) is 4.70. The lowest BCUT2D eigenvalue weighted by atomic mass is 10.0.